The Balaban J connectivity index is 2.32. The Morgan fingerprint density at radius 3 is 2.87 bits per heavy atom. The first-order chi connectivity index (χ1) is 7.33. The van der Waals surface area contributed by atoms with Crippen LogP contribution in [0, 0.1) is 0 Å². The van der Waals surface area contributed by atoms with Crippen LogP contribution in [0.25, 0.3) is 0 Å². The average molecular weight is 224 g/mol. The molecule has 1 atom stereocenters. The fourth-order valence-corrected chi connectivity index (χ4v) is 2.66. The Kier molecular flexibility index (Phi) is 3.06. The van der Waals surface area contributed by atoms with Crippen LogP contribution in [-0.2, 0) is 15.5 Å². The van der Waals surface area contributed by atoms with E-state index < -0.39 is 10.8 Å². The molecule has 0 fully saturated rings. The summed E-state index contributed by atoms with van der Waals surface area (Å²) >= 11 is 0. The van der Waals surface area contributed by atoms with Gasteiger partial charge < -0.3 is 9.47 Å². The molecule has 0 amide bonds. The fourth-order valence-electron chi connectivity index (χ4n) is 1.42. The summed E-state index contributed by atoms with van der Waals surface area (Å²) in [5.74, 6) is 0.656. The lowest BCUT2D eigenvalue weighted by Gasteiger charge is -2.07. The van der Waals surface area contributed by atoms with E-state index in [2.05, 4.69) is 0 Å². The standard InChI is InChI=1S/C11H12O3S/c1-13-10-4-2-3-5-11(10)15(12)9-6-7-14-8-9/h2-5,8H,6-7H2,1H3. The highest BCUT2D eigenvalue weighted by Gasteiger charge is 2.17. The van der Waals surface area contributed by atoms with Gasteiger partial charge in [-0.15, -0.1) is 0 Å². The van der Waals surface area contributed by atoms with Gasteiger partial charge in [0.25, 0.3) is 0 Å². The largest absolute Gasteiger partial charge is 0.500 e. The van der Waals surface area contributed by atoms with Crippen molar-refractivity contribution in [1.29, 1.82) is 0 Å². The minimum atomic E-state index is -1.16. The van der Waals surface area contributed by atoms with Gasteiger partial charge in [-0.3, -0.25) is 0 Å². The Morgan fingerprint density at radius 1 is 1.40 bits per heavy atom. The van der Waals surface area contributed by atoms with Gasteiger partial charge in [0.2, 0.25) is 0 Å². The third-order valence-corrected chi connectivity index (χ3v) is 3.70. The van der Waals surface area contributed by atoms with Gasteiger partial charge in [-0.25, -0.2) is 4.21 Å². The van der Waals surface area contributed by atoms with E-state index in [1.54, 1.807) is 13.4 Å². The quantitative estimate of drug-likeness (QED) is 0.788. The summed E-state index contributed by atoms with van der Waals surface area (Å²) in [6, 6.07) is 7.34. The van der Waals surface area contributed by atoms with Crippen LogP contribution in [0.4, 0.5) is 0 Å². The number of benzene rings is 1. The van der Waals surface area contributed by atoms with E-state index in [9.17, 15) is 4.21 Å². The highest BCUT2D eigenvalue weighted by molar-refractivity contribution is 7.89. The Hall–Kier alpha value is -1.29. The van der Waals surface area contributed by atoms with Crippen molar-refractivity contribution in [3.63, 3.8) is 0 Å². The molecule has 0 radical (unpaired) electrons. The summed E-state index contributed by atoms with van der Waals surface area (Å²) in [6.07, 6.45) is 2.31. The molecular formula is C11H12O3S. The van der Waals surface area contributed by atoms with Crippen molar-refractivity contribution in [3.05, 3.63) is 35.4 Å². The maximum absolute atomic E-state index is 12.1. The molecule has 0 bridgehead atoms. The number of hydrogen-bond acceptors (Lipinski definition) is 3. The molecule has 4 heteroatoms. The van der Waals surface area contributed by atoms with Crippen molar-refractivity contribution >= 4 is 10.8 Å². The molecule has 0 spiro atoms. The topological polar surface area (TPSA) is 35.5 Å². The van der Waals surface area contributed by atoms with Crippen molar-refractivity contribution < 1.29 is 13.7 Å². The maximum atomic E-state index is 12.1. The van der Waals surface area contributed by atoms with Gasteiger partial charge in [-0.2, -0.15) is 0 Å². The highest BCUT2D eigenvalue weighted by Crippen LogP contribution is 2.28. The summed E-state index contributed by atoms with van der Waals surface area (Å²) in [5, 5.41) is 0. The molecule has 0 N–H and O–H groups in total. The second-order valence-electron chi connectivity index (χ2n) is 3.12. The van der Waals surface area contributed by atoms with Gasteiger partial charge in [-0.1, -0.05) is 12.1 Å². The lowest BCUT2D eigenvalue weighted by Crippen LogP contribution is -1.97. The summed E-state index contributed by atoms with van der Waals surface area (Å²) in [6.45, 7) is 0.621. The average Bonchev–Trinajstić information content (AvgIpc) is 2.81. The number of methoxy groups -OCH3 is 1. The fraction of sp³-hybridized carbons (Fsp3) is 0.273. The van der Waals surface area contributed by atoms with E-state index in [4.69, 9.17) is 9.47 Å². The molecule has 80 valence electrons. The van der Waals surface area contributed by atoms with Crippen molar-refractivity contribution in [2.45, 2.75) is 11.3 Å². The van der Waals surface area contributed by atoms with Crippen LogP contribution in [-0.4, -0.2) is 17.9 Å². The Morgan fingerprint density at radius 2 is 2.20 bits per heavy atom. The smallest absolute Gasteiger partial charge is 0.135 e. The van der Waals surface area contributed by atoms with Crippen molar-refractivity contribution in [2.75, 3.05) is 13.7 Å². The zero-order valence-electron chi connectivity index (χ0n) is 8.43. The number of para-hydroxylation sites is 1. The SMILES string of the molecule is COc1ccccc1S(=O)C1=COCC1. The molecular weight excluding hydrogens is 212 g/mol. The summed E-state index contributed by atoms with van der Waals surface area (Å²) < 4.78 is 22.4. The first-order valence-electron chi connectivity index (χ1n) is 4.68. The van der Waals surface area contributed by atoms with Crippen LogP contribution in [0.3, 0.4) is 0 Å². The second kappa shape index (κ2) is 4.49. The van der Waals surface area contributed by atoms with E-state index in [-0.39, 0.29) is 0 Å². The zero-order valence-corrected chi connectivity index (χ0v) is 9.25. The molecule has 0 aliphatic carbocycles. The summed E-state index contributed by atoms with van der Waals surface area (Å²) in [5.41, 5.74) is 0. The first kappa shape index (κ1) is 10.2. The van der Waals surface area contributed by atoms with Gasteiger partial charge in [0.15, 0.2) is 0 Å². The highest BCUT2D eigenvalue weighted by atomic mass is 32.2. The van der Waals surface area contributed by atoms with Crippen LogP contribution in [0.5, 0.6) is 5.75 Å². The Labute approximate surface area is 91.2 Å². The van der Waals surface area contributed by atoms with Crippen molar-refractivity contribution in [3.8, 4) is 5.75 Å². The van der Waals surface area contributed by atoms with Gasteiger partial charge in [0.05, 0.1) is 40.6 Å². The van der Waals surface area contributed by atoms with Crippen molar-refractivity contribution in [2.24, 2.45) is 0 Å². The molecule has 0 saturated carbocycles. The molecule has 0 saturated heterocycles. The van der Waals surface area contributed by atoms with Crippen LogP contribution >= 0.6 is 0 Å². The van der Waals surface area contributed by atoms with Crippen molar-refractivity contribution in [1.82, 2.24) is 0 Å². The number of hydrogen-bond donors (Lipinski definition) is 0. The van der Waals surface area contributed by atoms with E-state index in [0.717, 1.165) is 11.3 Å². The van der Waals surface area contributed by atoms with E-state index in [1.165, 1.54) is 0 Å². The van der Waals surface area contributed by atoms with Gasteiger partial charge in [0, 0.05) is 6.42 Å². The minimum absolute atomic E-state index is 0.621. The monoisotopic (exact) mass is 224 g/mol. The number of rotatable bonds is 3. The third kappa shape index (κ3) is 2.04. The van der Waals surface area contributed by atoms with Gasteiger partial charge >= 0.3 is 0 Å². The van der Waals surface area contributed by atoms with E-state index in [1.807, 2.05) is 24.3 Å². The van der Waals surface area contributed by atoms with E-state index >= 15 is 0 Å². The third-order valence-electron chi connectivity index (χ3n) is 2.19. The normalized spacial score (nSPS) is 16.7. The molecule has 1 aliphatic rings. The molecule has 3 nitrogen and oxygen atoms in total. The molecule has 1 aromatic carbocycles. The van der Waals surface area contributed by atoms with Gasteiger partial charge in [0.1, 0.15) is 5.75 Å². The van der Waals surface area contributed by atoms with Crippen LogP contribution < -0.4 is 4.74 Å². The van der Waals surface area contributed by atoms with Gasteiger partial charge in [-0.05, 0) is 12.1 Å². The molecule has 0 aromatic heterocycles. The molecule has 15 heavy (non-hydrogen) atoms. The predicted molar refractivity (Wildman–Crippen MR) is 58.1 cm³/mol. The minimum Gasteiger partial charge on any atom is -0.500 e. The molecule has 1 aromatic rings. The molecule has 1 heterocycles. The predicted octanol–water partition coefficient (Wildman–Crippen LogP) is 2.06. The number of ether oxygens (including phenoxy) is 2. The second-order valence-corrected chi connectivity index (χ2v) is 4.63. The first-order valence-corrected chi connectivity index (χ1v) is 5.83. The molecule has 1 unspecified atom stereocenters. The van der Waals surface area contributed by atoms with E-state index in [0.29, 0.717) is 17.3 Å². The summed E-state index contributed by atoms with van der Waals surface area (Å²) in [7, 11) is 0.420. The maximum Gasteiger partial charge on any atom is 0.135 e. The molecule has 2 rings (SSSR count). The van der Waals surface area contributed by atoms with Crippen LogP contribution in [0.1, 0.15) is 6.42 Å². The zero-order chi connectivity index (χ0) is 10.7. The van der Waals surface area contributed by atoms with Crippen LogP contribution in [0.2, 0.25) is 0 Å². The summed E-state index contributed by atoms with van der Waals surface area (Å²) in [4.78, 5) is 1.52. The lowest BCUT2D eigenvalue weighted by atomic mass is 10.3. The lowest BCUT2D eigenvalue weighted by molar-refractivity contribution is 0.281. The molecule has 1 aliphatic heterocycles. The Bertz CT molecular complexity index is 412. The van der Waals surface area contributed by atoms with Crippen LogP contribution in [0.15, 0.2) is 40.3 Å².